The summed E-state index contributed by atoms with van der Waals surface area (Å²) in [7, 11) is 3.47. The molecule has 1 aromatic carbocycles. The van der Waals surface area contributed by atoms with E-state index in [1.165, 1.54) is 11.1 Å². The first kappa shape index (κ1) is 16.0. The Labute approximate surface area is 117 Å². The van der Waals surface area contributed by atoms with Crippen molar-refractivity contribution in [2.45, 2.75) is 45.7 Å². The average Bonchev–Trinajstić information content (AvgIpc) is 2.39. The fourth-order valence-electron chi connectivity index (χ4n) is 2.40. The van der Waals surface area contributed by atoms with Gasteiger partial charge in [-0.2, -0.15) is 0 Å². The minimum atomic E-state index is 0.251. The van der Waals surface area contributed by atoms with Crippen molar-refractivity contribution in [1.29, 1.82) is 0 Å². The van der Waals surface area contributed by atoms with Crippen LogP contribution in [0, 0.1) is 6.92 Å². The molecule has 1 aromatic rings. The quantitative estimate of drug-likeness (QED) is 0.780. The molecule has 0 spiro atoms. The Balaban J connectivity index is 2.80. The molecule has 0 amide bonds. The second-order valence-electron chi connectivity index (χ2n) is 5.07. The lowest BCUT2D eigenvalue weighted by atomic mass is 10.0. The lowest BCUT2D eigenvalue weighted by Crippen LogP contribution is -2.35. The van der Waals surface area contributed by atoms with Crippen LogP contribution in [0.3, 0.4) is 0 Å². The van der Waals surface area contributed by atoms with Gasteiger partial charge in [-0.15, -0.1) is 0 Å². The molecule has 2 unspecified atom stereocenters. The van der Waals surface area contributed by atoms with Crippen molar-refractivity contribution in [2.24, 2.45) is 0 Å². The highest BCUT2D eigenvalue weighted by Crippen LogP contribution is 2.26. The Kier molecular flexibility index (Phi) is 6.89. The van der Waals surface area contributed by atoms with Crippen molar-refractivity contribution < 1.29 is 9.47 Å². The number of methoxy groups -OCH3 is 2. The molecule has 0 aliphatic heterocycles. The van der Waals surface area contributed by atoms with E-state index in [9.17, 15) is 0 Å². The van der Waals surface area contributed by atoms with Gasteiger partial charge in [0.25, 0.3) is 0 Å². The van der Waals surface area contributed by atoms with E-state index in [1.807, 2.05) is 6.07 Å². The maximum Gasteiger partial charge on any atom is 0.123 e. The molecule has 108 valence electrons. The molecule has 0 aliphatic rings. The van der Waals surface area contributed by atoms with Crippen LogP contribution in [0.15, 0.2) is 18.2 Å². The van der Waals surface area contributed by atoms with Crippen LogP contribution >= 0.6 is 0 Å². The molecule has 0 fully saturated rings. The number of ether oxygens (including phenoxy) is 2. The molecule has 0 aromatic heterocycles. The number of nitrogens with one attached hydrogen (secondary N) is 1. The van der Waals surface area contributed by atoms with Crippen molar-refractivity contribution in [3.05, 3.63) is 29.3 Å². The fraction of sp³-hybridized carbons (Fsp3) is 0.625. The van der Waals surface area contributed by atoms with E-state index < -0.39 is 0 Å². The molecule has 2 atom stereocenters. The molecule has 1 rings (SSSR count). The number of rotatable bonds is 8. The lowest BCUT2D eigenvalue weighted by Gasteiger charge is -2.24. The molecular formula is C16H27NO2. The summed E-state index contributed by atoms with van der Waals surface area (Å²) in [5.74, 6) is 0.943. The normalized spacial score (nSPS) is 14.2. The van der Waals surface area contributed by atoms with Crippen LogP contribution in [-0.2, 0) is 4.74 Å². The van der Waals surface area contributed by atoms with Gasteiger partial charge in [-0.25, -0.2) is 0 Å². The van der Waals surface area contributed by atoms with Crippen LogP contribution in [0.5, 0.6) is 5.75 Å². The Morgan fingerprint density at radius 3 is 2.58 bits per heavy atom. The molecular weight excluding hydrogens is 238 g/mol. The SMILES string of the molecule is CCCC(COC)NC(C)c1cc(C)ccc1OC. The van der Waals surface area contributed by atoms with E-state index in [2.05, 4.69) is 38.2 Å². The van der Waals surface area contributed by atoms with Crippen LogP contribution in [0.25, 0.3) is 0 Å². The maximum absolute atomic E-state index is 5.45. The molecule has 0 aliphatic carbocycles. The zero-order chi connectivity index (χ0) is 14.3. The molecule has 1 N–H and O–H groups in total. The minimum Gasteiger partial charge on any atom is -0.496 e. The van der Waals surface area contributed by atoms with Crippen molar-refractivity contribution in [1.82, 2.24) is 5.32 Å². The second kappa shape index (κ2) is 8.18. The third kappa shape index (κ3) is 4.84. The van der Waals surface area contributed by atoms with Crippen molar-refractivity contribution in [2.75, 3.05) is 20.8 Å². The smallest absolute Gasteiger partial charge is 0.123 e. The molecule has 0 heterocycles. The Hall–Kier alpha value is -1.06. The van der Waals surface area contributed by atoms with Crippen LogP contribution in [-0.4, -0.2) is 26.9 Å². The molecule has 0 saturated carbocycles. The summed E-state index contributed by atoms with van der Waals surface area (Å²) in [5.41, 5.74) is 2.46. The predicted molar refractivity (Wildman–Crippen MR) is 79.9 cm³/mol. The topological polar surface area (TPSA) is 30.5 Å². The van der Waals surface area contributed by atoms with E-state index >= 15 is 0 Å². The summed E-state index contributed by atoms with van der Waals surface area (Å²) < 4.78 is 10.7. The average molecular weight is 265 g/mol. The second-order valence-corrected chi connectivity index (χ2v) is 5.07. The van der Waals surface area contributed by atoms with Gasteiger partial charge in [-0.3, -0.25) is 0 Å². The molecule has 0 radical (unpaired) electrons. The summed E-state index contributed by atoms with van der Waals surface area (Å²) in [4.78, 5) is 0. The third-order valence-electron chi connectivity index (χ3n) is 3.34. The first-order valence-corrected chi connectivity index (χ1v) is 7.01. The van der Waals surface area contributed by atoms with E-state index in [0.717, 1.165) is 25.2 Å². The van der Waals surface area contributed by atoms with E-state index in [1.54, 1.807) is 14.2 Å². The largest absolute Gasteiger partial charge is 0.496 e. The molecule has 0 saturated heterocycles. The van der Waals surface area contributed by atoms with E-state index in [4.69, 9.17) is 9.47 Å². The van der Waals surface area contributed by atoms with Crippen LogP contribution in [0.4, 0.5) is 0 Å². The monoisotopic (exact) mass is 265 g/mol. The van der Waals surface area contributed by atoms with Crippen molar-refractivity contribution >= 4 is 0 Å². The summed E-state index contributed by atoms with van der Waals surface area (Å²) >= 11 is 0. The fourth-order valence-corrected chi connectivity index (χ4v) is 2.40. The van der Waals surface area contributed by atoms with E-state index in [-0.39, 0.29) is 6.04 Å². The van der Waals surface area contributed by atoms with Gasteiger partial charge < -0.3 is 14.8 Å². The summed E-state index contributed by atoms with van der Waals surface area (Å²) in [6, 6.07) is 6.94. The van der Waals surface area contributed by atoms with Crippen LogP contribution in [0.1, 0.15) is 43.9 Å². The van der Waals surface area contributed by atoms with Gasteiger partial charge in [0.1, 0.15) is 5.75 Å². The number of hydrogen-bond donors (Lipinski definition) is 1. The highest BCUT2D eigenvalue weighted by molar-refractivity contribution is 5.38. The first-order valence-electron chi connectivity index (χ1n) is 7.01. The van der Waals surface area contributed by atoms with Crippen LogP contribution < -0.4 is 10.1 Å². The van der Waals surface area contributed by atoms with Gasteiger partial charge in [0.2, 0.25) is 0 Å². The molecule has 0 bridgehead atoms. The van der Waals surface area contributed by atoms with Gasteiger partial charge in [0, 0.05) is 24.8 Å². The highest BCUT2D eigenvalue weighted by Gasteiger charge is 2.16. The number of benzene rings is 1. The maximum atomic E-state index is 5.45. The van der Waals surface area contributed by atoms with Gasteiger partial charge in [0.05, 0.1) is 13.7 Å². The summed E-state index contributed by atoms with van der Waals surface area (Å²) in [5, 5.41) is 3.63. The molecule has 3 heteroatoms. The lowest BCUT2D eigenvalue weighted by molar-refractivity contribution is 0.156. The van der Waals surface area contributed by atoms with Gasteiger partial charge in [0.15, 0.2) is 0 Å². The predicted octanol–water partition coefficient (Wildman–Crippen LogP) is 3.47. The van der Waals surface area contributed by atoms with Crippen LogP contribution in [0.2, 0.25) is 0 Å². The zero-order valence-electron chi connectivity index (χ0n) is 12.8. The summed E-state index contributed by atoms with van der Waals surface area (Å²) in [6.45, 7) is 7.22. The van der Waals surface area contributed by atoms with Crippen molar-refractivity contribution in [3.63, 3.8) is 0 Å². The van der Waals surface area contributed by atoms with Gasteiger partial charge in [-0.1, -0.05) is 31.0 Å². The third-order valence-corrected chi connectivity index (χ3v) is 3.34. The van der Waals surface area contributed by atoms with Crippen molar-refractivity contribution in [3.8, 4) is 5.75 Å². The summed E-state index contributed by atoms with van der Waals surface area (Å²) in [6.07, 6.45) is 2.27. The minimum absolute atomic E-state index is 0.251. The first-order chi connectivity index (χ1) is 9.12. The number of aryl methyl sites for hydroxylation is 1. The van der Waals surface area contributed by atoms with Gasteiger partial charge in [-0.05, 0) is 26.3 Å². The molecule has 19 heavy (non-hydrogen) atoms. The van der Waals surface area contributed by atoms with Gasteiger partial charge >= 0.3 is 0 Å². The molecule has 3 nitrogen and oxygen atoms in total. The Bertz CT molecular complexity index is 373. The Morgan fingerprint density at radius 1 is 1.26 bits per heavy atom. The number of hydrogen-bond acceptors (Lipinski definition) is 3. The highest BCUT2D eigenvalue weighted by atomic mass is 16.5. The van der Waals surface area contributed by atoms with E-state index in [0.29, 0.717) is 6.04 Å². The standard InChI is InChI=1S/C16H27NO2/c1-6-7-14(11-18-4)17-13(3)15-10-12(2)8-9-16(15)19-5/h8-10,13-14,17H,6-7,11H2,1-5H3. The zero-order valence-corrected chi connectivity index (χ0v) is 12.8. The Morgan fingerprint density at radius 2 is 2.00 bits per heavy atom.